The standard InChI is InChI=1S/C14H26O2/c1-5-11(10-15)16-13-9-7-6-8-12(13)14(2,3)4/h10-13H,5-9H2,1-4H3. The second kappa shape index (κ2) is 5.81. The molecule has 1 aliphatic rings. The van der Waals surface area contributed by atoms with E-state index in [4.69, 9.17) is 4.74 Å². The summed E-state index contributed by atoms with van der Waals surface area (Å²) in [7, 11) is 0. The summed E-state index contributed by atoms with van der Waals surface area (Å²) in [5.41, 5.74) is 0.284. The van der Waals surface area contributed by atoms with Gasteiger partial charge in [-0.3, -0.25) is 0 Å². The van der Waals surface area contributed by atoms with Gasteiger partial charge in [0, 0.05) is 0 Å². The molecular weight excluding hydrogens is 200 g/mol. The molecule has 2 heteroatoms. The van der Waals surface area contributed by atoms with Crippen molar-refractivity contribution in [1.29, 1.82) is 0 Å². The van der Waals surface area contributed by atoms with Gasteiger partial charge in [-0.25, -0.2) is 0 Å². The normalized spacial score (nSPS) is 28.8. The maximum atomic E-state index is 10.8. The number of ether oxygens (including phenoxy) is 1. The first kappa shape index (κ1) is 13.7. The predicted molar refractivity (Wildman–Crippen MR) is 66.4 cm³/mol. The Bertz CT molecular complexity index is 217. The zero-order chi connectivity index (χ0) is 12.2. The van der Waals surface area contributed by atoms with Crippen molar-refractivity contribution >= 4 is 6.29 Å². The number of aldehydes is 1. The molecule has 0 aromatic heterocycles. The number of rotatable bonds is 4. The molecule has 0 bridgehead atoms. The van der Waals surface area contributed by atoms with Gasteiger partial charge in [-0.15, -0.1) is 0 Å². The van der Waals surface area contributed by atoms with Crippen LogP contribution in [0.3, 0.4) is 0 Å². The van der Waals surface area contributed by atoms with Crippen molar-refractivity contribution in [1.82, 2.24) is 0 Å². The minimum Gasteiger partial charge on any atom is -0.367 e. The fourth-order valence-electron chi connectivity index (χ4n) is 2.70. The number of hydrogen-bond donors (Lipinski definition) is 0. The summed E-state index contributed by atoms with van der Waals surface area (Å²) in [6.45, 7) is 8.84. The first-order chi connectivity index (χ1) is 7.49. The maximum absolute atomic E-state index is 10.8. The van der Waals surface area contributed by atoms with Gasteiger partial charge in [0.15, 0.2) is 0 Å². The first-order valence-corrected chi connectivity index (χ1v) is 6.59. The van der Waals surface area contributed by atoms with E-state index in [0.717, 1.165) is 19.1 Å². The average Bonchev–Trinajstić information content (AvgIpc) is 2.25. The van der Waals surface area contributed by atoms with Crippen LogP contribution in [0.4, 0.5) is 0 Å². The van der Waals surface area contributed by atoms with Crippen LogP contribution in [0.2, 0.25) is 0 Å². The lowest BCUT2D eigenvalue weighted by atomic mass is 9.70. The topological polar surface area (TPSA) is 26.3 Å². The van der Waals surface area contributed by atoms with E-state index < -0.39 is 0 Å². The van der Waals surface area contributed by atoms with Crippen molar-refractivity contribution in [3.63, 3.8) is 0 Å². The van der Waals surface area contributed by atoms with Crippen LogP contribution in [-0.4, -0.2) is 18.5 Å². The van der Waals surface area contributed by atoms with Crippen LogP contribution < -0.4 is 0 Å². The van der Waals surface area contributed by atoms with Crippen molar-refractivity contribution in [2.24, 2.45) is 11.3 Å². The summed E-state index contributed by atoms with van der Waals surface area (Å²) >= 11 is 0. The molecule has 0 spiro atoms. The molecule has 94 valence electrons. The van der Waals surface area contributed by atoms with Gasteiger partial charge >= 0.3 is 0 Å². The minimum atomic E-state index is -0.201. The molecule has 0 aromatic rings. The summed E-state index contributed by atoms with van der Waals surface area (Å²) in [4.78, 5) is 10.8. The largest absolute Gasteiger partial charge is 0.367 e. The predicted octanol–water partition coefficient (Wildman–Crippen LogP) is 3.59. The van der Waals surface area contributed by atoms with E-state index in [2.05, 4.69) is 20.8 Å². The van der Waals surface area contributed by atoms with Crippen LogP contribution in [-0.2, 0) is 9.53 Å². The molecule has 3 unspecified atom stereocenters. The zero-order valence-electron chi connectivity index (χ0n) is 11.2. The maximum Gasteiger partial charge on any atom is 0.148 e. The quantitative estimate of drug-likeness (QED) is 0.685. The lowest BCUT2D eigenvalue weighted by Gasteiger charge is -2.41. The van der Waals surface area contributed by atoms with Crippen LogP contribution >= 0.6 is 0 Å². The Kier molecular flexibility index (Phi) is 4.97. The summed E-state index contributed by atoms with van der Waals surface area (Å²) in [6.07, 6.45) is 6.73. The zero-order valence-corrected chi connectivity index (χ0v) is 11.2. The van der Waals surface area contributed by atoms with Gasteiger partial charge in [0.2, 0.25) is 0 Å². The third-order valence-corrected chi connectivity index (χ3v) is 3.72. The Balaban J connectivity index is 2.63. The molecule has 1 fully saturated rings. The van der Waals surface area contributed by atoms with Gasteiger partial charge in [0.1, 0.15) is 12.4 Å². The van der Waals surface area contributed by atoms with Crippen LogP contribution in [0.15, 0.2) is 0 Å². The lowest BCUT2D eigenvalue weighted by Crippen LogP contribution is -2.39. The van der Waals surface area contributed by atoms with Crippen molar-refractivity contribution in [2.45, 2.75) is 72.0 Å². The summed E-state index contributed by atoms with van der Waals surface area (Å²) < 4.78 is 5.96. The molecule has 0 aromatic carbocycles. The molecule has 3 atom stereocenters. The number of hydrogen-bond acceptors (Lipinski definition) is 2. The van der Waals surface area contributed by atoms with E-state index in [1.165, 1.54) is 19.3 Å². The molecule has 1 saturated carbocycles. The van der Waals surface area contributed by atoms with Crippen LogP contribution in [0.1, 0.15) is 59.8 Å². The highest BCUT2D eigenvalue weighted by atomic mass is 16.5. The molecule has 0 radical (unpaired) electrons. The molecule has 1 aliphatic carbocycles. The molecule has 0 heterocycles. The smallest absolute Gasteiger partial charge is 0.148 e. The van der Waals surface area contributed by atoms with Crippen molar-refractivity contribution < 1.29 is 9.53 Å². The van der Waals surface area contributed by atoms with Gasteiger partial charge in [0.05, 0.1) is 6.10 Å². The SMILES string of the molecule is CCC(C=O)OC1CCCCC1C(C)(C)C. The number of carbonyl (C=O) groups excluding carboxylic acids is 1. The summed E-state index contributed by atoms with van der Waals surface area (Å²) in [6, 6.07) is 0. The van der Waals surface area contributed by atoms with Crippen LogP contribution in [0, 0.1) is 11.3 Å². The fraction of sp³-hybridized carbons (Fsp3) is 0.929. The van der Waals surface area contributed by atoms with E-state index >= 15 is 0 Å². The highest BCUT2D eigenvalue weighted by molar-refractivity contribution is 5.55. The lowest BCUT2D eigenvalue weighted by molar-refractivity contribution is -0.130. The van der Waals surface area contributed by atoms with Crippen molar-refractivity contribution in [2.75, 3.05) is 0 Å². The van der Waals surface area contributed by atoms with Gasteiger partial charge in [-0.2, -0.15) is 0 Å². The molecular formula is C14H26O2. The molecule has 0 aliphatic heterocycles. The molecule has 16 heavy (non-hydrogen) atoms. The van der Waals surface area contributed by atoms with E-state index in [1.807, 2.05) is 6.92 Å². The highest BCUT2D eigenvalue weighted by Crippen LogP contribution is 2.39. The summed E-state index contributed by atoms with van der Waals surface area (Å²) in [5, 5.41) is 0. The van der Waals surface area contributed by atoms with E-state index in [1.54, 1.807) is 0 Å². The third-order valence-electron chi connectivity index (χ3n) is 3.72. The van der Waals surface area contributed by atoms with Crippen LogP contribution in [0.25, 0.3) is 0 Å². The van der Waals surface area contributed by atoms with Gasteiger partial charge in [0.25, 0.3) is 0 Å². The van der Waals surface area contributed by atoms with Crippen LogP contribution in [0.5, 0.6) is 0 Å². The second-order valence-corrected chi connectivity index (χ2v) is 6.01. The van der Waals surface area contributed by atoms with Gasteiger partial charge in [-0.1, -0.05) is 40.5 Å². The first-order valence-electron chi connectivity index (χ1n) is 6.59. The van der Waals surface area contributed by atoms with Gasteiger partial charge in [-0.05, 0) is 30.6 Å². The van der Waals surface area contributed by atoms with Crippen molar-refractivity contribution in [3.05, 3.63) is 0 Å². The Morgan fingerprint density at radius 2 is 1.94 bits per heavy atom. The van der Waals surface area contributed by atoms with E-state index in [-0.39, 0.29) is 17.6 Å². The second-order valence-electron chi connectivity index (χ2n) is 6.01. The molecule has 0 N–H and O–H groups in total. The molecule has 0 saturated heterocycles. The van der Waals surface area contributed by atoms with Gasteiger partial charge < -0.3 is 9.53 Å². The minimum absolute atomic E-state index is 0.201. The third kappa shape index (κ3) is 3.58. The Morgan fingerprint density at radius 1 is 1.31 bits per heavy atom. The Morgan fingerprint density at radius 3 is 2.44 bits per heavy atom. The Hall–Kier alpha value is -0.370. The van der Waals surface area contributed by atoms with E-state index in [0.29, 0.717) is 5.92 Å². The molecule has 1 rings (SSSR count). The fourth-order valence-corrected chi connectivity index (χ4v) is 2.70. The highest BCUT2D eigenvalue weighted by Gasteiger charge is 2.35. The monoisotopic (exact) mass is 226 g/mol. The number of carbonyl (C=O) groups is 1. The average molecular weight is 226 g/mol. The van der Waals surface area contributed by atoms with E-state index in [9.17, 15) is 4.79 Å². The summed E-state index contributed by atoms with van der Waals surface area (Å²) in [5.74, 6) is 0.593. The molecule has 0 amide bonds. The van der Waals surface area contributed by atoms with Crippen molar-refractivity contribution in [3.8, 4) is 0 Å². The molecule has 2 nitrogen and oxygen atoms in total. The Labute approximate surface area is 99.8 Å².